The second-order valence-corrected chi connectivity index (χ2v) is 6.99. The van der Waals surface area contributed by atoms with Crippen molar-refractivity contribution in [1.29, 1.82) is 0 Å². The molecule has 22 heavy (non-hydrogen) atoms. The van der Waals surface area contributed by atoms with Gasteiger partial charge in [0.2, 0.25) is 11.8 Å². The fourth-order valence-electron chi connectivity index (χ4n) is 1.80. The zero-order valence-electron chi connectivity index (χ0n) is 14.5. The van der Waals surface area contributed by atoms with Crippen LogP contribution in [0.3, 0.4) is 0 Å². The first kappa shape index (κ1) is 18.0. The van der Waals surface area contributed by atoms with Crippen molar-refractivity contribution in [2.45, 2.75) is 47.1 Å². The highest BCUT2D eigenvalue weighted by Crippen LogP contribution is 2.28. The Hall–Kier alpha value is -2.04. The third-order valence-electron chi connectivity index (χ3n) is 3.23. The summed E-state index contributed by atoms with van der Waals surface area (Å²) < 4.78 is 5.24. The maximum Gasteiger partial charge on any atom is 0.239 e. The molecule has 0 saturated heterocycles. The van der Waals surface area contributed by atoms with Crippen LogP contribution in [0.5, 0.6) is 5.75 Å². The molecule has 0 spiro atoms. The van der Waals surface area contributed by atoms with E-state index in [1.54, 1.807) is 19.9 Å². The van der Waals surface area contributed by atoms with Crippen molar-refractivity contribution in [3.05, 3.63) is 23.8 Å². The van der Waals surface area contributed by atoms with Crippen molar-refractivity contribution >= 4 is 17.5 Å². The number of rotatable bonds is 4. The summed E-state index contributed by atoms with van der Waals surface area (Å²) in [6, 6.07) is 5.49. The van der Waals surface area contributed by atoms with E-state index in [4.69, 9.17) is 4.74 Å². The average molecular weight is 306 g/mol. The zero-order valence-corrected chi connectivity index (χ0v) is 14.5. The summed E-state index contributed by atoms with van der Waals surface area (Å²) in [5, 5.41) is 5.62. The van der Waals surface area contributed by atoms with Gasteiger partial charge in [-0.25, -0.2) is 0 Å². The van der Waals surface area contributed by atoms with Gasteiger partial charge < -0.3 is 15.4 Å². The van der Waals surface area contributed by atoms with Crippen LogP contribution in [0.25, 0.3) is 0 Å². The van der Waals surface area contributed by atoms with E-state index in [2.05, 4.69) is 10.6 Å². The Bertz CT molecular complexity index is 572. The second kappa shape index (κ2) is 6.38. The number of amides is 2. The van der Waals surface area contributed by atoms with Crippen molar-refractivity contribution in [1.82, 2.24) is 5.32 Å². The van der Waals surface area contributed by atoms with Crippen LogP contribution in [0.2, 0.25) is 0 Å². The Morgan fingerprint density at radius 2 is 1.64 bits per heavy atom. The number of hydrogen-bond acceptors (Lipinski definition) is 3. The molecular weight excluding hydrogens is 280 g/mol. The minimum Gasteiger partial charge on any atom is -0.495 e. The monoisotopic (exact) mass is 306 g/mol. The van der Waals surface area contributed by atoms with Gasteiger partial charge in [0.15, 0.2) is 0 Å². The maximum absolute atomic E-state index is 12.5. The maximum atomic E-state index is 12.5. The fraction of sp³-hybridized carbons (Fsp3) is 0.529. The number of ether oxygens (including phenoxy) is 1. The molecular formula is C17H26N2O3. The Morgan fingerprint density at radius 3 is 2.14 bits per heavy atom. The smallest absolute Gasteiger partial charge is 0.239 e. The Balaban J connectivity index is 2.96. The molecule has 0 unspecified atom stereocenters. The molecule has 122 valence electrons. The largest absolute Gasteiger partial charge is 0.495 e. The van der Waals surface area contributed by atoms with Gasteiger partial charge in [0.1, 0.15) is 11.2 Å². The van der Waals surface area contributed by atoms with Gasteiger partial charge in [0, 0.05) is 5.54 Å². The minimum absolute atomic E-state index is 0.316. The van der Waals surface area contributed by atoms with Crippen LogP contribution in [0, 0.1) is 12.3 Å². The molecule has 0 aromatic heterocycles. The van der Waals surface area contributed by atoms with Crippen LogP contribution < -0.4 is 15.4 Å². The highest BCUT2D eigenvalue weighted by molar-refractivity contribution is 6.10. The lowest BCUT2D eigenvalue weighted by Gasteiger charge is -2.28. The first-order valence-electron chi connectivity index (χ1n) is 7.26. The molecule has 1 aromatic carbocycles. The molecule has 0 atom stereocenters. The predicted octanol–water partition coefficient (Wildman–Crippen LogP) is 2.88. The number of carbonyl (C=O) groups excluding carboxylic acids is 2. The molecule has 0 saturated carbocycles. The van der Waals surface area contributed by atoms with Crippen molar-refractivity contribution in [3.63, 3.8) is 0 Å². The van der Waals surface area contributed by atoms with E-state index in [0.29, 0.717) is 11.4 Å². The van der Waals surface area contributed by atoms with E-state index >= 15 is 0 Å². The van der Waals surface area contributed by atoms with Gasteiger partial charge in [-0.3, -0.25) is 9.59 Å². The number of hydrogen-bond donors (Lipinski definition) is 2. The first-order chi connectivity index (χ1) is 9.97. The number of methoxy groups -OCH3 is 1. The van der Waals surface area contributed by atoms with Crippen molar-refractivity contribution < 1.29 is 14.3 Å². The van der Waals surface area contributed by atoms with E-state index < -0.39 is 11.0 Å². The second-order valence-electron chi connectivity index (χ2n) is 6.99. The van der Waals surface area contributed by atoms with Crippen LogP contribution in [0.1, 0.15) is 40.2 Å². The van der Waals surface area contributed by atoms with E-state index in [9.17, 15) is 9.59 Å². The summed E-state index contributed by atoms with van der Waals surface area (Å²) in [5.74, 6) is -0.131. The van der Waals surface area contributed by atoms with Gasteiger partial charge in [-0.2, -0.15) is 0 Å². The standard InChI is InChI=1S/C17H26N2O3/c1-11-8-9-13(22-7)12(10-11)18-14(20)17(5,6)15(21)19-16(2,3)4/h8-10H,1-7H3,(H,18,20)(H,19,21). The summed E-state index contributed by atoms with van der Waals surface area (Å²) in [6.45, 7) is 10.8. The van der Waals surface area contributed by atoms with Crippen LogP contribution in [-0.4, -0.2) is 24.5 Å². The van der Waals surface area contributed by atoms with Gasteiger partial charge in [0.05, 0.1) is 12.8 Å². The number of benzene rings is 1. The molecule has 5 nitrogen and oxygen atoms in total. The Labute approximate surface area is 132 Å². The number of anilines is 1. The van der Waals surface area contributed by atoms with Gasteiger partial charge in [-0.15, -0.1) is 0 Å². The minimum atomic E-state index is -1.19. The highest BCUT2D eigenvalue weighted by atomic mass is 16.5. The summed E-state index contributed by atoms with van der Waals surface area (Å²) in [6.07, 6.45) is 0. The number of nitrogens with one attached hydrogen (secondary N) is 2. The van der Waals surface area contributed by atoms with E-state index in [0.717, 1.165) is 5.56 Å². The normalized spacial score (nSPS) is 11.8. The number of carbonyl (C=O) groups is 2. The van der Waals surface area contributed by atoms with Gasteiger partial charge in [-0.05, 0) is 59.2 Å². The van der Waals surface area contributed by atoms with E-state index in [1.165, 1.54) is 7.11 Å². The molecule has 0 aliphatic carbocycles. The summed E-state index contributed by atoms with van der Waals surface area (Å²) in [7, 11) is 1.54. The molecule has 0 heterocycles. The third kappa shape index (κ3) is 4.48. The molecule has 1 rings (SSSR count). The predicted molar refractivity (Wildman–Crippen MR) is 88.0 cm³/mol. The van der Waals surface area contributed by atoms with Crippen molar-refractivity contribution in [2.75, 3.05) is 12.4 Å². The molecule has 0 aliphatic heterocycles. The zero-order chi connectivity index (χ0) is 17.1. The van der Waals surface area contributed by atoms with E-state index in [-0.39, 0.29) is 11.8 Å². The lowest BCUT2D eigenvalue weighted by atomic mass is 9.89. The lowest BCUT2D eigenvalue weighted by molar-refractivity contribution is -0.139. The van der Waals surface area contributed by atoms with Crippen LogP contribution in [-0.2, 0) is 9.59 Å². The Morgan fingerprint density at radius 1 is 1.05 bits per heavy atom. The van der Waals surface area contributed by atoms with Crippen LogP contribution in [0.4, 0.5) is 5.69 Å². The molecule has 5 heteroatoms. The molecule has 0 radical (unpaired) electrons. The average Bonchev–Trinajstić information content (AvgIpc) is 2.36. The quantitative estimate of drug-likeness (QED) is 0.841. The third-order valence-corrected chi connectivity index (χ3v) is 3.23. The van der Waals surface area contributed by atoms with Crippen LogP contribution in [0.15, 0.2) is 18.2 Å². The molecule has 0 aliphatic rings. The number of aryl methyl sites for hydroxylation is 1. The molecule has 2 N–H and O–H groups in total. The molecule has 0 fully saturated rings. The molecule has 0 bridgehead atoms. The van der Waals surface area contributed by atoms with Crippen molar-refractivity contribution in [2.24, 2.45) is 5.41 Å². The van der Waals surface area contributed by atoms with Crippen molar-refractivity contribution in [3.8, 4) is 5.75 Å². The van der Waals surface area contributed by atoms with Crippen LogP contribution >= 0.6 is 0 Å². The van der Waals surface area contributed by atoms with E-state index in [1.807, 2.05) is 39.8 Å². The first-order valence-corrected chi connectivity index (χ1v) is 7.26. The van der Waals surface area contributed by atoms with Gasteiger partial charge in [-0.1, -0.05) is 6.07 Å². The topological polar surface area (TPSA) is 67.4 Å². The SMILES string of the molecule is COc1ccc(C)cc1NC(=O)C(C)(C)C(=O)NC(C)(C)C. The Kier molecular flexibility index (Phi) is 5.22. The molecule has 1 aromatic rings. The van der Waals surface area contributed by atoms with Gasteiger partial charge >= 0.3 is 0 Å². The summed E-state index contributed by atoms with van der Waals surface area (Å²) >= 11 is 0. The lowest BCUT2D eigenvalue weighted by Crippen LogP contribution is -2.51. The fourth-order valence-corrected chi connectivity index (χ4v) is 1.80. The molecule has 2 amide bonds. The highest BCUT2D eigenvalue weighted by Gasteiger charge is 2.38. The summed E-state index contributed by atoms with van der Waals surface area (Å²) in [5.41, 5.74) is -0.0327. The van der Waals surface area contributed by atoms with Gasteiger partial charge in [0.25, 0.3) is 0 Å². The summed E-state index contributed by atoms with van der Waals surface area (Å²) in [4.78, 5) is 24.8.